The number of aromatic nitrogens is 3. The molecule has 1 unspecified atom stereocenters. The molecule has 1 atom stereocenters. The van der Waals surface area contributed by atoms with Crippen LogP contribution in [0.1, 0.15) is 24.8 Å². The molecule has 31 heavy (non-hydrogen) atoms. The van der Waals surface area contributed by atoms with Crippen molar-refractivity contribution >= 4 is 27.4 Å². The highest BCUT2D eigenvalue weighted by molar-refractivity contribution is 7.91. The van der Waals surface area contributed by atoms with Crippen molar-refractivity contribution in [3.05, 3.63) is 48.0 Å². The molecular formula is C21H25N5O4S. The van der Waals surface area contributed by atoms with Gasteiger partial charge in [0.25, 0.3) is 0 Å². The summed E-state index contributed by atoms with van der Waals surface area (Å²) in [6.07, 6.45) is 2.49. The van der Waals surface area contributed by atoms with Crippen LogP contribution in [0.25, 0.3) is 16.9 Å². The second-order valence-corrected chi connectivity index (χ2v) is 10.2. The van der Waals surface area contributed by atoms with Gasteiger partial charge in [0.2, 0.25) is 5.95 Å². The zero-order valence-corrected chi connectivity index (χ0v) is 17.8. The molecule has 0 bridgehead atoms. The maximum atomic E-state index is 11.5. The van der Waals surface area contributed by atoms with Crippen LogP contribution in [0, 0.1) is 5.92 Å². The fourth-order valence-electron chi connectivity index (χ4n) is 3.48. The van der Waals surface area contributed by atoms with Gasteiger partial charge in [-0.3, -0.25) is 4.79 Å². The number of aliphatic carboxylic acids is 1. The number of fused-ring (bicyclic) bond motifs is 1. The second-order valence-electron chi connectivity index (χ2n) is 7.94. The summed E-state index contributed by atoms with van der Waals surface area (Å²) in [6, 6.07) is 13.9. The van der Waals surface area contributed by atoms with Crippen LogP contribution in [-0.4, -0.2) is 51.6 Å². The van der Waals surface area contributed by atoms with E-state index in [-0.39, 0.29) is 29.4 Å². The van der Waals surface area contributed by atoms with Gasteiger partial charge in [-0.05, 0) is 37.0 Å². The van der Waals surface area contributed by atoms with Gasteiger partial charge in [0, 0.05) is 18.2 Å². The van der Waals surface area contributed by atoms with Crippen LogP contribution in [0.3, 0.4) is 0 Å². The first kappa shape index (κ1) is 21.3. The topological polar surface area (TPSA) is 140 Å². The molecule has 1 aliphatic heterocycles. The van der Waals surface area contributed by atoms with Crippen molar-refractivity contribution in [2.45, 2.75) is 31.8 Å². The van der Waals surface area contributed by atoms with Crippen LogP contribution >= 0.6 is 0 Å². The Hall–Kier alpha value is -2.98. The number of hydrogen-bond donors (Lipinski definition) is 3. The van der Waals surface area contributed by atoms with Gasteiger partial charge in [0.15, 0.2) is 15.5 Å². The lowest BCUT2D eigenvalue weighted by molar-refractivity contribution is -0.138. The number of anilines is 1. The third-order valence-corrected chi connectivity index (χ3v) is 7.15. The summed E-state index contributed by atoms with van der Waals surface area (Å²) in [6.45, 7) is 0.654. The first-order chi connectivity index (χ1) is 14.8. The molecule has 164 valence electrons. The van der Waals surface area contributed by atoms with Crippen molar-refractivity contribution in [3.8, 4) is 11.3 Å². The Labute approximate surface area is 180 Å². The quantitative estimate of drug-likeness (QED) is 0.542. The number of nitrogen functional groups attached to an aromatic ring is 1. The first-order valence-electron chi connectivity index (χ1n) is 10.2. The standard InChI is InChI=1S/C17H19N5O2S.C4H6O2/c18-17-20-16-3-1-2-15(22(16)21-17)13-6-4-12(5-7-13)10-19-14-8-9-25(23,24)11-14;5-4(6)3-1-2-3/h1-7,14,19H,8-11H2,(H2,18,21);3H,1-2H2,(H,5,6). The van der Waals surface area contributed by atoms with Crippen LogP contribution in [-0.2, 0) is 21.2 Å². The molecule has 0 amide bonds. The minimum atomic E-state index is -2.85. The average molecular weight is 444 g/mol. The molecule has 3 heterocycles. The smallest absolute Gasteiger partial charge is 0.306 e. The minimum absolute atomic E-state index is 0.0185. The third kappa shape index (κ3) is 5.39. The van der Waals surface area contributed by atoms with Gasteiger partial charge in [0.1, 0.15) is 0 Å². The number of sulfone groups is 1. The molecule has 1 saturated heterocycles. The van der Waals surface area contributed by atoms with Crippen molar-refractivity contribution in [2.75, 3.05) is 17.2 Å². The Morgan fingerprint density at radius 3 is 2.48 bits per heavy atom. The molecule has 1 aromatic carbocycles. The van der Waals surface area contributed by atoms with Crippen molar-refractivity contribution in [3.63, 3.8) is 0 Å². The molecule has 2 aliphatic rings. The Morgan fingerprint density at radius 1 is 1.16 bits per heavy atom. The van der Waals surface area contributed by atoms with Gasteiger partial charge in [-0.15, -0.1) is 5.10 Å². The Balaban J connectivity index is 0.000000334. The van der Waals surface area contributed by atoms with Gasteiger partial charge in [-0.2, -0.15) is 4.98 Å². The molecule has 2 fully saturated rings. The summed E-state index contributed by atoms with van der Waals surface area (Å²) in [4.78, 5) is 13.9. The summed E-state index contributed by atoms with van der Waals surface area (Å²) in [5, 5.41) is 15.6. The number of hydrogen-bond acceptors (Lipinski definition) is 7. The molecule has 3 aromatic rings. The van der Waals surface area contributed by atoms with Crippen molar-refractivity contribution < 1.29 is 18.3 Å². The summed E-state index contributed by atoms with van der Waals surface area (Å²) in [5.41, 5.74) is 9.44. The Kier molecular flexibility index (Phi) is 5.92. The molecular weight excluding hydrogens is 418 g/mol. The first-order valence-corrected chi connectivity index (χ1v) is 12.0. The number of nitrogens with two attached hydrogens (primary N) is 1. The van der Waals surface area contributed by atoms with Gasteiger partial charge in [-0.25, -0.2) is 12.9 Å². The normalized spacial score (nSPS) is 19.7. The second kappa shape index (κ2) is 8.64. The van der Waals surface area contributed by atoms with Gasteiger partial charge >= 0.3 is 5.97 Å². The Morgan fingerprint density at radius 2 is 1.90 bits per heavy atom. The average Bonchev–Trinajstić information content (AvgIpc) is 3.44. The molecule has 9 nitrogen and oxygen atoms in total. The largest absolute Gasteiger partial charge is 0.481 e. The van der Waals surface area contributed by atoms with Crippen molar-refractivity contribution in [1.82, 2.24) is 19.9 Å². The predicted octanol–water partition coefficient (Wildman–Crippen LogP) is 1.74. The molecule has 4 N–H and O–H groups in total. The number of nitrogens with one attached hydrogen (secondary N) is 1. The van der Waals surface area contributed by atoms with E-state index >= 15 is 0 Å². The molecule has 0 spiro atoms. The van der Waals surface area contributed by atoms with Crippen LogP contribution in [0.4, 0.5) is 5.95 Å². The highest BCUT2D eigenvalue weighted by atomic mass is 32.2. The van der Waals surface area contributed by atoms with E-state index in [1.165, 1.54) is 0 Å². The fraction of sp³-hybridized carbons (Fsp3) is 0.381. The maximum Gasteiger partial charge on any atom is 0.306 e. The molecule has 5 rings (SSSR count). The van der Waals surface area contributed by atoms with Crippen LogP contribution < -0.4 is 11.1 Å². The SMILES string of the molecule is Nc1nc2cccc(-c3ccc(CNC4CCS(=O)(=O)C4)cc3)n2n1.O=C(O)C1CC1. The zero-order valence-electron chi connectivity index (χ0n) is 16.9. The van der Waals surface area contributed by atoms with E-state index in [0.717, 1.165) is 29.7 Å². The molecule has 10 heteroatoms. The fourth-order valence-corrected chi connectivity index (χ4v) is 5.19. The van der Waals surface area contributed by atoms with E-state index in [1.807, 2.05) is 42.5 Å². The van der Waals surface area contributed by atoms with Gasteiger partial charge in [-0.1, -0.05) is 30.3 Å². The highest BCUT2D eigenvalue weighted by Gasteiger charge is 2.28. The molecule has 0 radical (unpaired) electrons. The number of rotatable bonds is 5. The van der Waals surface area contributed by atoms with Gasteiger partial charge in [0.05, 0.1) is 23.1 Å². The van der Waals surface area contributed by atoms with Crippen molar-refractivity contribution in [1.29, 1.82) is 0 Å². The Bertz CT molecular complexity index is 1190. The number of nitrogens with zero attached hydrogens (tertiary/aromatic N) is 3. The minimum Gasteiger partial charge on any atom is -0.481 e. The van der Waals surface area contributed by atoms with E-state index in [1.54, 1.807) is 4.52 Å². The predicted molar refractivity (Wildman–Crippen MR) is 117 cm³/mol. The maximum absolute atomic E-state index is 11.5. The van der Waals surface area contributed by atoms with E-state index in [9.17, 15) is 13.2 Å². The summed E-state index contributed by atoms with van der Waals surface area (Å²) in [5.74, 6) is 0.162. The molecule has 2 aromatic heterocycles. The van der Waals surface area contributed by atoms with Crippen LogP contribution in [0.5, 0.6) is 0 Å². The van der Waals surface area contributed by atoms with Crippen LogP contribution in [0.15, 0.2) is 42.5 Å². The lowest BCUT2D eigenvalue weighted by Crippen LogP contribution is -2.29. The summed E-state index contributed by atoms with van der Waals surface area (Å²) >= 11 is 0. The van der Waals surface area contributed by atoms with E-state index < -0.39 is 15.8 Å². The van der Waals surface area contributed by atoms with Gasteiger partial charge < -0.3 is 16.2 Å². The number of pyridine rings is 1. The van der Waals surface area contributed by atoms with Crippen LogP contribution in [0.2, 0.25) is 0 Å². The summed E-state index contributed by atoms with van der Waals surface area (Å²) < 4.78 is 24.7. The van der Waals surface area contributed by atoms with E-state index in [0.29, 0.717) is 18.6 Å². The monoisotopic (exact) mass is 443 g/mol. The summed E-state index contributed by atoms with van der Waals surface area (Å²) in [7, 11) is -2.85. The lowest BCUT2D eigenvalue weighted by atomic mass is 10.1. The third-order valence-electron chi connectivity index (χ3n) is 5.38. The number of carboxylic acid groups (broad SMARTS) is 1. The van der Waals surface area contributed by atoms with E-state index in [2.05, 4.69) is 15.4 Å². The van der Waals surface area contributed by atoms with Crippen molar-refractivity contribution in [2.24, 2.45) is 5.92 Å². The highest BCUT2D eigenvalue weighted by Crippen LogP contribution is 2.28. The lowest BCUT2D eigenvalue weighted by Gasteiger charge is -2.11. The number of benzene rings is 1. The number of carbonyl (C=O) groups is 1. The molecule has 1 saturated carbocycles. The number of carboxylic acids is 1. The zero-order chi connectivity index (χ0) is 22.0. The molecule has 1 aliphatic carbocycles. The van der Waals surface area contributed by atoms with E-state index in [4.69, 9.17) is 10.8 Å².